The molecule has 7 nitrogen and oxygen atoms in total. The van der Waals surface area contributed by atoms with Crippen LogP contribution in [0.5, 0.6) is 0 Å². The van der Waals surface area contributed by atoms with Crippen LogP contribution in [0.3, 0.4) is 0 Å². The SMILES string of the molecule is CC(C)(C)N1CC=C[C@]23S[C@]4(C)C=CCOC(=O)[C@@H]4[C@H]2C(=O)N(CCCCCCO)C3C1=O. The molecule has 0 bridgehead atoms. The first-order valence-electron chi connectivity index (χ1n) is 12.0. The van der Waals surface area contributed by atoms with Crippen LogP contribution in [0.25, 0.3) is 0 Å². The van der Waals surface area contributed by atoms with E-state index in [0.717, 1.165) is 25.7 Å². The number of fused-ring (bicyclic) bond motifs is 2. The maximum atomic E-state index is 14.1. The number of esters is 1. The van der Waals surface area contributed by atoms with Crippen molar-refractivity contribution in [1.29, 1.82) is 0 Å². The van der Waals surface area contributed by atoms with Crippen LogP contribution >= 0.6 is 11.8 Å². The summed E-state index contributed by atoms with van der Waals surface area (Å²) in [5.41, 5.74) is -0.392. The Hall–Kier alpha value is -1.80. The van der Waals surface area contributed by atoms with Crippen molar-refractivity contribution in [2.45, 2.75) is 74.5 Å². The molecule has 0 saturated carbocycles. The van der Waals surface area contributed by atoms with E-state index < -0.39 is 32.9 Å². The van der Waals surface area contributed by atoms with Gasteiger partial charge in [-0.05, 0) is 46.6 Å². The van der Waals surface area contributed by atoms with Crippen molar-refractivity contribution >= 4 is 29.5 Å². The van der Waals surface area contributed by atoms with Crippen LogP contribution in [0.1, 0.15) is 53.4 Å². The zero-order valence-electron chi connectivity index (χ0n) is 20.1. The predicted molar refractivity (Wildman–Crippen MR) is 127 cm³/mol. The third kappa shape index (κ3) is 3.93. The zero-order valence-corrected chi connectivity index (χ0v) is 20.9. The van der Waals surface area contributed by atoms with Gasteiger partial charge in [-0.3, -0.25) is 14.4 Å². The van der Waals surface area contributed by atoms with Crippen LogP contribution < -0.4 is 0 Å². The van der Waals surface area contributed by atoms with Crippen LogP contribution in [-0.2, 0) is 19.1 Å². The lowest BCUT2D eigenvalue weighted by molar-refractivity contribution is -0.152. The number of amides is 2. The molecule has 5 atom stereocenters. The van der Waals surface area contributed by atoms with Crippen LogP contribution in [0, 0.1) is 11.8 Å². The summed E-state index contributed by atoms with van der Waals surface area (Å²) in [6.45, 7) is 9.35. The predicted octanol–water partition coefficient (Wildman–Crippen LogP) is 2.54. The summed E-state index contributed by atoms with van der Waals surface area (Å²) in [5.74, 6) is -1.79. The number of hydrogen-bond donors (Lipinski definition) is 1. The summed E-state index contributed by atoms with van der Waals surface area (Å²) in [7, 11) is 0. The number of aliphatic hydroxyl groups excluding tert-OH is 1. The molecule has 1 N–H and O–H groups in total. The number of aliphatic hydroxyl groups is 1. The minimum Gasteiger partial charge on any atom is -0.461 e. The first-order chi connectivity index (χ1) is 15.6. The third-order valence-electron chi connectivity index (χ3n) is 7.43. The number of cyclic esters (lactones) is 1. The summed E-state index contributed by atoms with van der Waals surface area (Å²) in [6, 6.07) is -0.652. The zero-order chi connectivity index (χ0) is 24.0. The van der Waals surface area contributed by atoms with Gasteiger partial charge in [0.2, 0.25) is 11.8 Å². The van der Waals surface area contributed by atoms with Crippen molar-refractivity contribution in [3.05, 3.63) is 24.3 Å². The number of unbranched alkanes of at least 4 members (excludes halogenated alkanes) is 3. The lowest BCUT2D eigenvalue weighted by Gasteiger charge is -2.41. The van der Waals surface area contributed by atoms with Crippen LogP contribution in [0.2, 0.25) is 0 Å². The Labute approximate surface area is 200 Å². The van der Waals surface area contributed by atoms with E-state index in [2.05, 4.69) is 0 Å². The molecule has 0 aromatic rings. The molecule has 4 rings (SSSR count). The summed E-state index contributed by atoms with van der Waals surface area (Å²) >= 11 is 1.58. The van der Waals surface area contributed by atoms with E-state index in [-0.39, 0.29) is 31.0 Å². The lowest BCUT2D eigenvalue weighted by atomic mass is 9.75. The highest BCUT2D eigenvalue weighted by molar-refractivity contribution is 8.02. The molecule has 2 saturated heterocycles. The topological polar surface area (TPSA) is 87.2 Å². The van der Waals surface area contributed by atoms with Crippen molar-refractivity contribution in [2.75, 3.05) is 26.3 Å². The van der Waals surface area contributed by atoms with Gasteiger partial charge in [0, 0.05) is 30.0 Å². The van der Waals surface area contributed by atoms with E-state index in [1.54, 1.807) is 16.7 Å². The molecule has 0 aliphatic carbocycles. The second-order valence-corrected chi connectivity index (χ2v) is 12.5. The summed E-state index contributed by atoms with van der Waals surface area (Å²) in [6.07, 6.45) is 11.1. The Balaban J connectivity index is 1.76. The number of nitrogens with zero attached hydrogens (tertiary/aromatic N) is 2. The summed E-state index contributed by atoms with van der Waals surface area (Å²) in [4.78, 5) is 44.7. The number of carbonyl (C=O) groups excluding carboxylic acids is 3. The maximum absolute atomic E-state index is 14.1. The first-order valence-corrected chi connectivity index (χ1v) is 12.8. The van der Waals surface area contributed by atoms with Gasteiger partial charge in [-0.15, -0.1) is 11.8 Å². The Morgan fingerprint density at radius 3 is 2.48 bits per heavy atom. The molecule has 182 valence electrons. The number of rotatable bonds is 6. The fraction of sp³-hybridized carbons (Fsp3) is 0.720. The molecule has 4 aliphatic rings. The molecular formula is C25H36N2O5S. The van der Waals surface area contributed by atoms with Crippen molar-refractivity contribution < 1.29 is 24.2 Å². The van der Waals surface area contributed by atoms with Gasteiger partial charge in [-0.2, -0.15) is 0 Å². The number of carbonyl (C=O) groups is 3. The highest BCUT2D eigenvalue weighted by atomic mass is 32.2. The fourth-order valence-electron chi connectivity index (χ4n) is 5.95. The van der Waals surface area contributed by atoms with Crippen LogP contribution in [0.15, 0.2) is 24.3 Å². The van der Waals surface area contributed by atoms with Gasteiger partial charge < -0.3 is 19.6 Å². The van der Waals surface area contributed by atoms with Gasteiger partial charge in [-0.1, -0.05) is 31.1 Å². The van der Waals surface area contributed by atoms with Gasteiger partial charge in [0.05, 0.1) is 16.6 Å². The van der Waals surface area contributed by atoms with Gasteiger partial charge in [0.1, 0.15) is 12.6 Å². The minimum absolute atomic E-state index is 0.0522. The number of ether oxygens (including phenoxy) is 1. The molecule has 1 spiro atoms. The second kappa shape index (κ2) is 8.77. The van der Waals surface area contributed by atoms with E-state index in [9.17, 15) is 14.4 Å². The largest absolute Gasteiger partial charge is 0.461 e. The Morgan fingerprint density at radius 1 is 1.06 bits per heavy atom. The molecular weight excluding hydrogens is 440 g/mol. The van der Waals surface area contributed by atoms with Crippen molar-refractivity contribution in [3.63, 3.8) is 0 Å². The summed E-state index contributed by atoms with van der Waals surface area (Å²) < 4.78 is 4.04. The monoisotopic (exact) mass is 476 g/mol. The minimum atomic E-state index is -0.806. The number of hydrogen-bond acceptors (Lipinski definition) is 6. The molecule has 2 amide bonds. The van der Waals surface area contributed by atoms with Gasteiger partial charge >= 0.3 is 5.97 Å². The Morgan fingerprint density at radius 2 is 1.79 bits per heavy atom. The van der Waals surface area contributed by atoms with E-state index in [1.165, 1.54) is 0 Å². The average Bonchev–Trinajstić information content (AvgIpc) is 2.97. The lowest BCUT2D eigenvalue weighted by Crippen LogP contribution is -2.57. The van der Waals surface area contributed by atoms with Gasteiger partial charge in [0.25, 0.3) is 0 Å². The quantitative estimate of drug-likeness (QED) is 0.360. The normalized spacial score (nSPS) is 35.8. The van der Waals surface area contributed by atoms with Crippen molar-refractivity contribution in [3.8, 4) is 0 Å². The smallest absolute Gasteiger partial charge is 0.311 e. The van der Waals surface area contributed by atoms with Crippen molar-refractivity contribution in [1.82, 2.24) is 9.80 Å². The van der Waals surface area contributed by atoms with E-state index in [1.807, 2.05) is 56.9 Å². The van der Waals surface area contributed by atoms with Crippen molar-refractivity contribution in [2.24, 2.45) is 11.8 Å². The molecule has 4 heterocycles. The summed E-state index contributed by atoms with van der Waals surface area (Å²) in [5, 5.41) is 9.06. The molecule has 33 heavy (non-hydrogen) atoms. The average molecular weight is 477 g/mol. The molecule has 0 aromatic carbocycles. The molecule has 4 aliphatic heterocycles. The third-order valence-corrected chi connectivity index (χ3v) is 9.23. The Kier molecular flexibility index (Phi) is 6.46. The fourth-order valence-corrected chi connectivity index (χ4v) is 8.10. The molecule has 0 aromatic heterocycles. The highest BCUT2D eigenvalue weighted by Crippen LogP contribution is 2.65. The molecule has 0 radical (unpaired) electrons. The van der Waals surface area contributed by atoms with E-state index >= 15 is 0 Å². The van der Waals surface area contributed by atoms with Gasteiger partial charge in [0.15, 0.2) is 0 Å². The van der Waals surface area contributed by atoms with E-state index in [0.29, 0.717) is 13.1 Å². The number of likely N-dealkylation sites (tertiary alicyclic amines) is 1. The van der Waals surface area contributed by atoms with Gasteiger partial charge in [-0.25, -0.2) is 0 Å². The molecule has 8 heteroatoms. The first kappa shape index (κ1) is 24.3. The highest BCUT2D eigenvalue weighted by Gasteiger charge is 2.74. The van der Waals surface area contributed by atoms with Crippen LogP contribution in [0.4, 0.5) is 0 Å². The van der Waals surface area contributed by atoms with Crippen LogP contribution in [-0.4, -0.2) is 80.1 Å². The molecule has 1 unspecified atom stereocenters. The molecule has 2 fully saturated rings. The standard InChI is InChI=1S/C25H36N2O5S/c1-23(2,3)27-14-9-12-25-17(18-22(31)32-16-10-11-24(18,4)33-25)20(29)26(19(25)21(27)30)13-7-5-6-8-15-28/h9-12,17-19,28H,5-8,13-16H2,1-4H3/t17-,18-,19?,24+,25-/m0/s1. The number of thioether (sulfide) groups is 1. The van der Waals surface area contributed by atoms with E-state index in [4.69, 9.17) is 9.84 Å². The maximum Gasteiger partial charge on any atom is 0.311 e. The Bertz CT molecular complexity index is 881. The second-order valence-electron chi connectivity index (χ2n) is 10.7.